The minimum absolute atomic E-state index is 0. The van der Waals surface area contributed by atoms with E-state index in [0.717, 1.165) is 32.5 Å². The first-order valence-corrected chi connectivity index (χ1v) is 7.76. The summed E-state index contributed by atoms with van der Waals surface area (Å²) in [5.74, 6) is 0.150. The molecular formula is C15H33Cl2N3O2. The van der Waals surface area contributed by atoms with E-state index in [0.29, 0.717) is 19.5 Å². The Hall–Kier alpha value is -0.0700. The van der Waals surface area contributed by atoms with Crippen LogP contribution < -0.4 is 11.1 Å². The summed E-state index contributed by atoms with van der Waals surface area (Å²) in [6.07, 6.45) is 6.50. The number of halogens is 2. The summed E-state index contributed by atoms with van der Waals surface area (Å²) >= 11 is 0. The van der Waals surface area contributed by atoms with Crippen LogP contribution in [0.25, 0.3) is 0 Å². The number of ether oxygens (including phenoxy) is 1. The Labute approximate surface area is 147 Å². The van der Waals surface area contributed by atoms with Gasteiger partial charge in [0.15, 0.2) is 0 Å². The van der Waals surface area contributed by atoms with Crippen LogP contribution in [-0.4, -0.2) is 57.8 Å². The fourth-order valence-corrected chi connectivity index (χ4v) is 2.90. The van der Waals surface area contributed by atoms with E-state index in [1.54, 1.807) is 7.11 Å². The minimum Gasteiger partial charge on any atom is -0.383 e. The Morgan fingerprint density at radius 3 is 2.41 bits per heavy atom. The summed E-state index contributed by atoms with van der Waals surface area (Å²) < 4.78 is 5.03. The van der Waals surface area contributed by atoms with Gasteiger partial charge in [-0.1, -0.05) is 19.3 Å². The molecule has 0 atom stereocenters. The van der Waals surface area contributed by atoms with Gasteiger partial charge in [0, 0.05) is 33.2 Å². The molecule has 0 unspecified atom stereocenters. The molecule has 0 aliphatic heterocycles. The summed E-state index contributed by atoms with van der Waals surface area (Å²) in [6.45, 7) is 3.79. The molecule has 0 aromatic heterocycles. The second-order valence-electron chi connectivity index (χ2n) is 6.09. The topological polar surface area (TPSA) is 67.6 Å². The lowest BCUT2D eigenvalue weighted by Gasteiger charge is -2.35. The van der Waals surface area contributed by atoms with Gasteiger partial charge in [0.1, 0.15) is 0 Å². The highest BCUT2D eigenvalue weighted by Crippen LogP contribution is 2.38. The number of nitrogens with one attached hydrogen (secondary N) is 1. The van der Waals surface area contributed by atoms with Crippen LogP contribution in [0.5, 0.6) is 0 Å². The van der Waals surface area contributed by atoms with Crippen LogP contribution in [0.15, 0.2) is 0 Å². The van der Waals surface area contributed by atoms with Crippen LogP contribution in [0.4, 0.5) is 0 Å². The van der Waals surface area contributed by atoms with Crippen LogP contribution in [0.1, 0.15) is 38.5 Å². The van der Waals surface area contributed by atoms with Gasteiger partial charge in [-0.3, -0.25) is 4.79 Å². The van der Waals surface area contributed by atoms with Crippen molar-refractivity contribution in [2.45, 2.75) is 38.5 Å². The third-order valence-electron chi connectivity index (χ3n) is 4.38. The SMILES string of the molecule is COCCN(C)CCNC(=O)CC1(CN)CCCCC1.Cl.Cl. The van der Waals surface area contributed by atoms with E-state index in [-0.39, 0.29) is 36.1 Å². The molecule has 1 fully saturated rings. The van der Waals surface area contributed by atoms with Crippen LogP contribution in [-0.2, 0) is 9.53 Å². The van der Waals surface area contributed by atoms with E-state index >= 15 is 0 Å². The lowest BCUT2D eigenvalue weighted by atomic mass is 9.71. The van der Waals surface area contributed by atoms with Crippen molar-refractivity contribution in [2.75, 3.05) is 46.9 Å². The minimum atomic E-state index is 0. The molecule has 0 spiro atoms. The van der Waals surface area contributed by atoms with E-state index in [9.17, 15) is 4.79 Å². The first kappa shape index (κ1) is 24.2. The molecule has 7 heteroatoms. The van der Waals surface area contributed by atoms with Crippen molar-refractivity contribution in [3.05, 3.63) is 0 Å². The van der Waals surface area contributed by atoms with Crippen molar-refractivity contribution in [2.24, 2.45) is 11.1 Å². The zero-order chi connectivity index (χ0) is 14.8. The van der Waals surface area contributed by atoms with Crippen molar-refractivity contribution in [3.8, 4) is 0 Å². The number of rotatable bonds is 9. The molecule has 1 aliphatic carbocycles. The summed E-state index contributed by atoms with van der Waals surface area (Å²) in [5.41, 5.74) is 5.98. The van der Waals surface area contributed by atoms with Gasteiger partial charge < -0.3 is 20.7 Å². The van der Waals surface area contributed by atoms with Crippen LogP contribution in [0, 0.1) is 5.41 Å². The smallest absolute Gasteiger partial charge is 0.220 e. The largest absolute Gasteiger partial charge is 0.383 e. The number of nitrogens with two attached hydrogens (primary N) is 1. The predicted molar refractivity (Wildman–Crippen MR) is 96.1 cm³/mol. The molecule has 3 N–H and O–H groups in total. The fraction of sp³-hybridized carbons (Fsp3) is 0.933. The second kappa shape index (κ2) is 13.4. The Morgan fingerprint density at radius 1 is 1.23 bits per heavy atom. The normalized spacial score (nSPS) is 16.5. The van der Waals surface area contributed by atoms with E-state index in [2.05, 4.69) is 10.2 Å². The molecule has 0 aromatic rings. The maximum absolute atomic E-state index is 12.1. The molecule has 0 bridgehead atoms. The van der Waals surface area contributed by atoms with Gasteiger partial charge in [-0.05, 0) is 31.8 Å². The van der Waals surface area contributed by atoms with Crippen molar-refractivity contribution in [3.63, 3.8) is 0 Å². The monoisotopic (exact) mass is 357 g/mol. The number of carbonyl (C=O) groups is 1. The Morgan fingerprint density at radius 2 is 1.86 bits per heavy atom. The molecule has 0 saturated heterocycles. The summed E-state index contributed by atoms with van der Waals surface area (Å²) in [6, 6.07) is 0. The van der Waals surface area contributed by atoms with Crippen LogP contribution in [0.2, 0.25) is 0 Å². The average molecular weight is 358 g/mol. The zero-order valence-corrected chi connectivity index (χ0v) is 15.6. The van der Waals surface area contributed by atoms with Gasteiger partial charge in [0.25, 0.3) is 0 Å². The molecule has 0 aromatic carbocycles. The number of methoxy groups -OCH3 is 1. The third-order valence-corrected chi connectivity index (χ3v) is 4.38. The van der Waals surface area contributed by atoms with Gasteiger partial charge in [-0.2, -0.15) is 0 Å². The maximum atomic E-state index is 12.1. The van der Waals surface area contributed by atoms with E-state index in [1.165, 1.54) is 19.3 Å². The molecule has 1 aliphatic rings. The lowest BCUT2D eigenvalue weighted by Crippen LogP contribution is -2.40. The Kier molecular flexibility index (Phi) is 14.7. The highest BCUT2D eigenvalue weighted by Gasteiger charge is 2.32. The van der Waals surface area contributed by atoms with Crippen LogP contribution >= 0.6 is 24.8 Å². The van der Waals surface area contributed by atoms with Gasteiger partial charge >= 0.3 is 0 Å². The second-order valence-corrected chi connectivity index (χ2v) is 6.09. The molecular weight excluding hydrogens is 325 g/mol. The molecule has 1 rings (SSSR count). The van der Waals surface area contributed by atoms with Crippen molar-refractivity contribution in [1.29, 1.82) is 0 Å². The molecule has 22 heavy (non-hydrogen) atoms. The van der Waals surface area contributed by atoms with Crippen molar-refractivity contribution >= 4 is 30.7 Å². The first-order valence-electron chi connectivity index (χ1n) is 7.76. The number of likely N-dealkylation sites (N-methyl/N-ethyl adjacent to an activating group) is 1. The molecule has 5 nitrogen and oxygen atoms in total. The van der Waals surface area contributed by atoms with Gasteiger partial charge in [-0.25, -0.2) is 0 Å². The lowest BCUT2D eigenvalue weighted by molar-refractivity contribution is -0.123. The number of nitrogens with zero attached hydrogens (tertiary/aromatic N) is 1. The quantitative estimate of drug-likeness (QED) is 0.660. The standard InChI is InChI=1S/C15H31N3O2.2ClH/c1-18(10-11-20-2)9-8-17-14(19)12-15(13-16)6-4-3-5-7-15;;/h3-13,16H2,1-2H3,(H,17,19);2*1H. The third kappa shape index (κ3) is 9.16. The summed E-state index contributed by atoms with van der Waals surface area (Å²) in [7, 11) is 3.74. The number of hydrogen-bond acceptors (Lipinski definition) is 4. The highest BCUT2D eigenvalue weighted by molar-refractivity contribution is 5.85. The number of amides is 1. The first-order chi connectivity index (χ1) is 9.62. The Balaban J connectivity index is 0. The van der Waals surface area contributed by atoms with Gasteiger partial charge in [0.05, 0.1) is 6.61 Å². The Bertz CT molecular complexity index is 288. The van der Waals surface area contributed by atoms with Crippen molar-refractivity contribution < 1.29 is 9.53 Å². The fourth-order valence-electron chi connectivity index (χ4n) is 2.90. The van der Waals surface area contributed by atoms with Crippen LogP contribution in [0.3, 0.4) is 0 Å². The van der Waals surface area contributed by atoms with E-state index in [1.807, 2.05) is 7.05 Å². The van der Waals surface area contributed by atoms with Gasteiger partial charge in [-0.15, -0.1) is 24.8 Å². The molecule has 1 saturated carbocycles. The molecule has 0 heterocycles. The predicted octanol–water partition coefficient (Wildman–Crippen LogP) is 1.82. The molecule has 134 valence electrons. The maximum Gasteiger partial charge on any atom is 0.220 e. The zero-order valence-electron chi connectivity index (χ0n) is 13.9. The average Bonchev–Trinajstić information content (AvgIpc) is 2.46. The highest BCUT2D eigenvalue weighted by atomic mass is 35.5. The number of carbonyl (C=O) groups excluding carboxylic acids is 1. The number of hydrogen-bond donors (Lipinski definition) is 2. The molecule has 1 amide bonds. The van der Waals surface area contributed by atoms with E-state index < -0.39 is 0 Å². The van der Waals surface area contributed by atoms with Crippen molar-refractivity contribution in [1.82, 2.24) is 10.2 Å². The molecule has 0 radical (unpaired) electrons. The van der Waals surface area contributed by atoms with Gasteiger partial charge in [0.2, 0.25) is 5.91 Å². The summed E-state index contributed by atoms with van der Waals surface area (Å²) in [5, 5.41) is 3.02. The summed E-state index contributed by atoms with van der Waals surface area (Å²) in [4.78, 5) is 14.2. The van der Waals surface area contributed by atoms with E-state index in [4.69, 9.17) is 10.5 Å².